The van der Waals surface area contributed by atoms with Crippen molar-refractivity contribution in [1.82, 2.24) is 14.8 Å². The predicted molar refractivity (Wildman–Crippen MR) is 66.4 cm³/mol. The molecule has 0 bridgehead atoms. The second-order valence-electron chi connectivity index (χ2n) is 4.53. The Balaban J connectivity index is 2.26. The number of pyridine rings is 1. The van der Waals surface area contributed by atoms with E-state index in [1.165, 1.54) is 24.0 Å². The van der Waals surface area contributed by atoms with Crippen molar-refractivity contribution < 1.29 is 22.7 Å². The number of rotatable bonds is 3. The number of alkyl halides is 3. The molecule has 2 aromatic heterocycles. The summed E-state index contributed by atoms with van der Waals surface area (Å²) in [5.41, 5.74) is 0.376. The van der Waals surface area contributed by atoms with Gasteiger partial charge in [-0.2, -0.15) is 18.3 Å². The number of esters is 1. The number of hydrogen-bond donors (Lipinski definition) is 0. The van der Waals surface area contributed by atoms with Gasteiger partial charge in [-0.1, -0.05) is 0 Å². The highest BCUT2D eigenvalue weighted by molar-refractivity contribution is 5.89. The highest BCUT2D eigenvalue weighted by atomic mass is 19.4. The molecule has 8 heteroatoms. The molecule has 0 aliphatic carbocycles. The van der Waals surface area contributed by atoms with Crippen molar-refractivity contribution in [3.8, 4) is 0 Å². The minimum absolute atomic E-state index is 0.0341. The summed E-state index contributed by atoms with van der Waals surface area (Å²) in [6, 6.07) is 1.41. The van der Waals surface area contributed by atoms with Crippen LogP contribution >= 0.6 is 0 Å². The van der Waals surface area contributed by atoms with E-state index in [9.17, 15) is 18.0 Å². The van der Waals surface area contributed by atoms with E-state index in [-0.39, 0.29) is 11.1 Å². The molecule has 0 aliphatic rings. The van der Waals surface area contributed by atoms with Gasteiger partial charge < -0.3 is 4.74 Å². The van der Waals surface area contributed by atoms with Crippen LogP contribution in [0.4, 0.5) is 13.2 Å². The highest BCUT2D eigenvalue weighted by Gasteiger charge is 2.45. The van der Waals surface area contributed by atoms with E-state index >= 15 is 0 Å². The monoisotopic (exact) mass is 299 g/mol. The molecule has 0 radical (unpaired) electrons. The van der Waals surface area contributed by atoms with Crippen LogP contribution in [0.25, 0.3) is 0 Å². The molecular weight excluding hydrogens is 287 g/mol. The molecule has 0 fully saturated rings. The van der Waals surface area contributed by atoms with Gasteiger partial charge in [-0.05, 0) is 18.6 Å². The maximum Gasteiger partial charge on any atom is 0.429 e. The summed E-state index contributed by atoms with van der Waals surface area (Å²) < 4.78 is 44.9. The summed E-state index contributed by atoms with van der Waals surface area (Å²) in [4.78, 5) is 15.6. The standard InChI is InChI=1S/C13H12F3N3O2/c1-8-3-9(5-17-4-8)12(20)21-11(13(14,15)16)10-6-18-19(2)7-10/h3-7,11H,1-2H3. The zero-order valence-corrected chi connectivity index (χ0v) is 11.3. The molecule has 0 saturated heterocycles. The molecule has 0 spiro atoms. The lowest BCUT2D eigenvalue weighted by atomic mass is 10.2. The Morgan fingerprint density at radius 1 is 1.33 bits per heavy atom. The zero-order chi connectivity index (χ0) is 15.6. The van der Waals surface area contributed by atoms with Crippen LogP contribution in [0.2, 0.25) is 0 Å². The summed E-state index contributed by atoms with van der Waals surface area (Å²) >= 11 is 0. The smallest absolute Gasteiger partial charge is 0.429 e. The molecule has 5 nitrogen and oxygen atoms in total. The predicted octanol–water partition coefficient (Wildman–Crippen LogP) is 2.58. The molecule has 1 unspecified atom stereocenters. The van der Waals surface area contributed by atoms with E-state index in [4.69, 9.17) is 0 Å². The first kappa shape index (κ1) is 15.0. The normalized spacial score (nSPS) is 13.0. The van der Waals surface area contributed by atoms with Crippen molar-refractivity contribution in [3.05, 3.63) is 47.5 Å². The van der Waals surface area contributed by atoms with Gasteiger partial charge in [0.15, 0.2) is 0 Å². The second kappa shape index (κ2) is 5.55. The van der Waals surface area contributed by atoms with Crippen LogP contribution in [0, 0.1) is 6.92 Å². The quantitative estimate of drug-likeness (QED) is 0.817. The lowest BCUT2D eigenvalue weighted by molar-refractivity contribution is -0.207. The Morgan fingerprint density at radius 3 is 2.57 bits per heavy atom. The Kier molecular flexibility index (Phi) is 3.97. The average Bonchev–Trinajstić information content (AvgIpc) is 2.80. The van der Waals surface area contributed by atoms with Crippen molar-refractivity contribution in [2.75, 3.05) is 0 Å². The van der Waals surface area contributed by atoms with Gasteiger partial charge in [-0.3, -0.25) is 9.67 Å². The van der Waals surface area contributed by atoms with Crippen LogP contribution in [-0.4, -0.2) is 26.9 Å². The minimum atomic E-state index is -4.73. The Bertz CT molecular complexity index is 652. The van der Waals surface area contributed by atoms with Crippen LogP contribution in [0.5, 0.6) is 0 Å². The molecule has 1 atom stereocenters. The van der Waals surface area contributed by atoms with Gasteiger partial charge in [0.2, 0.25) is 6.10 Å². The first-order valence-electron chi connectivity index (χ1n) is 5.95. The van der Waals surface area contributed by atoms with E-state index in [1.807, 2.05) is 0 Å². The van der Waals surface area contributed by atoms with Crippen LogP contribution in [0.3, 0.4) is 0 Å². The summed E-state index contributed by atoms with van der Waals surface area (Å²) in [5, 5.41) is 3.66. The summed E-state index contributed by atoms with van der Waals surface area (Å²) in [5.74, 6) is -1.09. The maximum atomic E-state index is 13.0. The summed E-state index contributed by atoms with van der Waals surface area (Å²) in [6.07, 6.45) is -2.28. The third-order valence-electron chi connectivity index (χ3n) is 2.66. The fraction of sp³-hybridized carbons (Fsp3) is 0.308. The maximum absolute atomic E-state index is 13.0. The Hall–Kier alpha value is -2.38. The number of carbonyl (C=O) groups excluding carboxylic acids is 1. The van der Waals surface area contributed by atoms with E-state index in [0.717, 1.165) is 18.6 Å². The van der Waals surface area contributed by atoms with Crippen molar-refractivity contribution in [3.63, 3.8) is 0 Å². The molecule has 21 heavy (non-hydrogen) atoms. The topological polar surface area (TPSA) is 57.0 Å². The van der Waals surface area contributed by atoms with Crippen LogP contribution < -0.4 is 0 Å². The summed E-state index contributed by atoms with van der Waals surface area (Å²) in [6.45, 7) is 1.67. The average molecular weight is 299 g/mol. The van der Waals surface area contributed by atoms with Crippen molar-refractivity contribution in [1.29, 1.82) is 0 Å². The van der Waals surface area contributed by atoms with Crippen LogP contribution in [0.15, 0.2) is 30.9 Å². The van der Waals surface area contributed by atoms with E-state index in [2.05, 4.69) is 14.8 Å². The summed E-state index contributed by atoms with van der Waals surface area (Å²) in [7, 11) is 1.48. The van der Waals surface area contributed by atoms with Gasteiger partial charge in [-0.25, -0.2) is 4.79 Å². The van der Waals surface area contributed by atoms with E-state index in [1.54, 1.807) is 6.92 Å². The molecule has 112 valence electrons. The van der Waals surface area contributed by atoms with Crippen LogP contribution in [-0.2, 0) is 11.8 Å². The molecule has 0 aromatic carbocycles. The van der Waals surface area contributed by atoms with Crippen molar-refractivity contribution in [2.24, 2.45) is 7.05 Å². The van der Waals surface area contributed by atoms with Gasteiger partial charge in [0.1, 0.15) is 0 Å². The number of ether oxygens (including phenoxy) is 1. The third-order valence-corrected chi connectivity index (χ3v) is 2.66. The lowest BCUT2D eigenvalue weighted by Crippen LogP contribution is -2.26. The van der Waals surface area contributed by atoms with Gasteiger partial charge >= 0.3 is 12.1 Å². The molecule has 0 aliphatic heterocycles. The Labute approximate surface area is 118 Å². The number of aromatic nitrogens is 3. The fourth-order valence-corrected chi connectivity index (χ4v) is 1.74. The lowest BCUT2D eigenvalue weighted by Gasteiger charge is -2.19. The number of nitrogens with zero attached hydrogens (tertiary/aromatic N) is 3. The zero-order valence-electron chi connectivity index (χ0n) is 11.3. The van der Waals surface area contributed by atoms with Gasteiger partial charge in [-0.15, -0.1) is 0 Å². The highest BCUT2D eigenvalue weighted by Crippen LogP contribution is 2.36. The Morgan fingerprint density at radius 2 is 2.05 bits per heavy atom. The number of hydrogen-bond acceptors (Lipinski definition) is 4. The number of halogens is 3. The molecule has 0 saturated carbocycles. The first-order chi connectivity index (χ1) is 9.77. The minimum Gasteiger partial charge on any atom is -0.444 e. The second-order valence-corrected chi connectivity index (χ2v) is 4.53. The van der Waals surface area contributed by atoms with E-state index < -0.39 is 18.2 Å². The fourth-order valence-electron chi connectivity index (χ4n) is 1.74. The number of aryl methyl sites for hydroxylation is 2. The number of carbonyl (C=O) groups is 1. The van der Waals surface area contributed by atoms with Crippen molar-refractivity contribution >= 4 is 5.97 Å². The molecule has 2 aromatic rings. The molecule has 0 N–H and O–H groups in total. The third kappa shape index (κ3) is 3.59. The van der Waals surface area contributed by atoms with Gasteiger partial charge in [0.25, 0.3) is 0 Å². The molecule has 0 amide bonds. The molecular formula is C13H12F3N3O2. The van der Waals surface area contributed by atoms with Crippen molar-refractivity contribution in [2.45, 2.75) is 19.2 Å². The molecule has 2 rings (SSSR count). The first-order valence-corrected chi connectivity index (χ1v) is 5.95. The van der Waals surface area contributed by atoms with Gasteiger partial charge in [0, 0.05) is 31.2 Å². The van der Waals surface area contributed by atoms with Crippen LogP contribution in [0.1, 0.15) is 27.6 Å². The largest absolute Gasteiger partial charge is 0.444 e. The van der Waals surface area contributed by atoms with Gasteiger partial charge in [0.05, 0.1) is 11.8 Å². The van der Waals surface area contributed by atoms with E-state index in [0.29, 0.717) is 5.56 Å². The SMILES string of the molecule is Cc1cncc(C(=O)OC(c2cnn(C)c2)C(F)(F)F)c1. The molecule has 2 heterocycles.